The Labute approximate surface area is 148 Å². The minimum Gasteiger partial charge on any atom is -0.408 e. The summed E-state index contributed by atoms with van der Waals surface area (Å²) in [5, 5.41) is 2.84. The van der Waals surface area contributed by atoms with E-state index in [9.17, 15) is 14.4 Å². The van der Waals surface area contributed by atoms with Gasteiger partial charge in [0, 0.05) is 24.8 Å². The molecule has 3 aromatic rings. The largest absolute Gasteiger partial charge is 0.419 e. The summed E-state index contributed by atoms with van der Waals surface area (Å²) >= 11 is 0. The lowest BCUT2D eigenvalue weighted by Crippen LogP contribution is -2.41. The molecule has 1 unspecified atom stereocenters. The van der Waals surface area contributed by atoms with Crippen molar-refractivity contribution < 1.29 is 14.0 Å². The van der Waals surface area contributed by atoms with Gasteiger partial charge in [0.25, 0.3) is 0 Å². The molecule has 1 saturated heterocycles. The second-order valence-corrected chi connectivity index (χ2v) is 6.25. The maximum Gasteiger partial charge on any atom is 0.419 e. The number of nitrogens with one attached hydrogen (secondary N) is 1. The van der Waals surface area contributed by atoms with Crippen LogP contribution < -0.4 is 16.0 Å². The molecule has 0 radical (unpaired) electrons. The first-order chi connectivity index (χ1) is 12.5. The van der Waals surface area contributed by atoms with Crippen molar-refractivity contribution in [2.45, 2.75) is 18.9 Å². The monoisotopic (exact) mass is 351 g/mol. The topological polar surface area (TPSA) is 84.5 Å². The second kappa shape index (κ2) is 6.18. The van der Waals surface area contributed by atoms with Crippen molar-refractivity contribution in [3.63, 3.8) is 0 Å². The van der Waals surface area contributed by atoms with Crippen LogP contribution in [-0.4, -0.2) is 22.4 Å². The molecule has 0 bridgehead atoms. The predicted molar refractivity (Wildman–Crippen MR) is 97.0 cm³/mol. The molecule has 1 N–H and O–H groups in total. The number of fused-ring (bicyclic) bond motifs is 1. The van der Waals surface area contributed by atoms with Gasteiger partial charge in [-0.1, -0.05) is 18.2 Å². The molecule has 4 rings (SSSR count). The number of aryl methyl sites for hydroxylation is 1. The number of hydrogen-bond donors (Lipinski definition) is 1. The zero-order valence-electron chi connectivity index (χ0n) is 14.1. The standard InChI is InChI=1S/C19H17N3O4/c1-21-15-11-12(7-9-16(15)26-19(21)25)20-18(24)14-8-10-17(23)22(14)13-5-3-2-4-6-13/h2-7,9,11,14H,8,10H2,1H3,(H,20,24). The van der Waals surface area contributed by atoms with Gasteiger partial charge in [0.1, 0.15) is 6.04 Å². The molecular formula is C19H17N3O4. The maximum atomic E-state index is 12.8. The summed E-state index contributed by atoms with van der Waals surface area (Å²) < 4.78 is 6.46. The SMILES string of the molecule is Cn1c(=O)oc2ccc(NC(=O)C3CCC(=O)N3c3ccccc3)cc21. The molecule has 1 aliphatic heterocycles. The Balaban J connectivity index is 1.60. The van der Waals surface area contributed by atoms with Crippen molar-refractivity contribution in [2.24, 2.45) is 7.05 Å². The van der Waals surface area contributed by atoms with E-state index >= 15 is 0 Å². The Morgan fingerprint density at radius 2 is 1.92 bits per heavy atom. The van der Waals surface area contributed by atoms with Gasteiger partial charge in [-0.15, -0.1) is 0 Å². The Morgan fingerprint density at radius 1 is 1.15 bits per heavy atom. The molecule has 2 heterocycles. The summed E-state index contributed by atoms with van der Waals surface area (Å²) in [7, 11) is 1.60. The highest BCUT2D eigenvalue weighted by molar-refractivity contribution is 6.07. The van der Waals surface area contributed by atoms with Gasteiger partial charge in [-0.2, -0.15) is 0 Å². The third kappa shape index (κ3) is 2.67. The number of rotatable bonds is 3. The van der Waals surface area contributed by atoms with Crippen molar-refractivity contribution >= 4 is 34.3 Å². The number of nitrogens with zero attached hydrogens (tertiary/aromatic N) is 2. The minimum atomic E-state index is -0.561. The molecule has 1 aromatic heterocycles. The zero-order valence-corrected chi connectivity index (χ0v) is 14.1. The molecule has 0 spiro atoms. The van der Waals surface area contributed by atoms with E-state index in [1.165, 1.54) is 4.57 Å². The molecule has 0 saturated carbocycles. The van der Waals surface area contributed by atoms with Crippen molar-refractivity contribution in [1.82, 2.24) is 4.57 Å². The van der Waals surface area contributed by atoms with Gasteiger partial charge in [0.2, 0.25) is 11.8 Å². The Hall–Kier alpha value is -3.35. The second-order valence-electron chi connectivity index (χ2n) is 6.25. The highest BCUT2D eigenvalue weighted by Gasteiger charge is 2.37. The van der Waals surface area contributed by atoms with E-state index < -0.39 is 11.8 Å². The van der Waals surface area contributed by atoms with E-state index in [1.807, 2.05) is 30.3 Å². The van der Waals surface area contributed by atoms with Crippen LogP contribution in [0.25, 0.3) is 11.1 Å². The number of benzene rings is 2. The molecule has 26 heavy (non-hydrogen) atoms. The number of anilines is 2. The van der Waals surface area contributed by atoms with E-state index in [0.29, 0.717) is 35.3 Å². The third-order valence-corrected chi connectivity index (χ3v) is 4.61. The predicted octanol–water partition coefficient (Wildman–Crippen LogP) is 2.27. The highest BCUT2D eigenvalue weighted by atomic mass is 16.4. The van der Waals surface area contributed by atoms with E-state index in [4.69, 9.17) is 4.42 Å². The summed E-state index contributed by atoms with van der Waals surface area (Å²) in [5.41, 5.74) is 2.31. The van der Waals surface area contributed by atoms with Crippen LogP contribution in [0.5, 0.6) is 0 Å². The van der Waals surface area contributed by atoms with Crippen LogP contribution in [-0.2, 0) is 16.6 Å². The van der Waals surface area contributed by atoms with Crippen molar-refractivity contribution in [1.29, 1.82) is 0 Å². The number of hydrogen-bond acceptors (Lipinski definition) is 4. The Kier molecular flexibility index (Phi) is 3.84. The van der Waals surface area contributed by atoms with Crippen LogP contribution in [0.4, 0.5) is 11.4 Å². The fraction of sp³-hybridized carbons (Fsp3) is 0.211. The summed E-state index contributed by atoms with van der Waals surface area (Å²) in [5.74, 6) is -0.781. The van der Waals surface area contributed by atoms with Gasteiger partial charge in [0.15, 0.2) is 5.58 Å². The van der Waals surface area contributed by atoms with Crippen LogP contribution in [0.15, 0.2) is 57.7 Å². The lowest BCUT2D eigenvalue weighted by atomic mass is 10.2. The number of aromatic nitrogens is 1. The number of carbonyl (C=O) groups excluding carboxylic acids is 2. The van der Waals surface area contributed by atoms with Gasteiger partial charge in [-0.25, -0.2) is 4.79 Å². The average Bonchev–Trinajstić information content (AvgIpc) is 3.16. The molecule has 7 heteroatoms. The van der Waals surface area contributed by atoms with Crippen LogP contribution >= 0.6 is 0 Å². The first-order valence-electron chi connectivity index (χ1n) is 8.32. The number of carbonyl (C=O) groups is 2. The average molecular weight is 351 g/mol. The van der Waals surface area contributed by atoms with Gasteiger partial charge in [-0.05, 0) is 36.8 Å². The first-order valence-corrected chi connectivity index (χ1v) is 8.32. The summed E-state index contributed by atoms with van der Waals surface area (Å²) in [4.78, 5) is 38.2. The quantitative estimate of drug-likeness (QED) is 0.784. The molecule has 2 amide bonds. The van der Waals surface area contributed by atoms with E-state index in [1.54, 1.807) is 30.1 Å². The van der Waals surface area contributed by atoms with Crippen molar-refractivity contribution in [2.75, 3.05) is 10.2 Å². The fourth-order valence-electron chi connectivity index (χ4n) is 3.27. The van der Waals surface area contributed by atoms with E-state index in [0.717, 1.165) is 0 Å². The first kappa shape index (κ1) is 16.1. The lowest BCUT2D eigenvalue weighted by Gasteiger charge is -2.24. The number of oxazole rings is 1. The van der Waals surface area contributed by atoms with Crippen molar-refractivity contribution in [3.8, 4) is 0 Å². The molecule has 0 aliphatic carbocycles. The van der Waals surface area contributed by atoms with Crippen LogP contribution in [0.2, 0.25) is 0 Å². The molecule has 1 aliphatic rings. The van der Waals surface area contributed by atoms with Crippen LogP contribution in [0.1, 0.15) is 12.8 Å². The number of amides is 2. The van der Waals surface area contributed by atoms with E-state index in [-0.39, 0.29) is 11.8 Å². The van der Waals surface area contributed by atoms with Crippen LogP contribution in [0, 0.1) is 0 Å². The Morgan fingerprint density at radius 3 is 2.69 bits per heavy atom. The van der Waals surface area contributed by atoms with E-state index in [2.05, 4.69) is 5.32 Å². The summed E-state index contributed by atoms with van der Waals surface area (Å²) in [6, 6.07) is 13.6. The summed E-state index contributed by atoms with van der Waals surface area (Å²) in [6.45, 7) is 0. The molecular weight excluding hydrogens is 334 g/mol. The van der Waals surface area contributed by atoms with Gasteiger partial charge in [-0.3, -0.25) is 19.1 Å². The Bertz CT molecular complexity index is 1050. The zero-order chi connectivity index (χ0) is 18.3. The lowest BCUT2D eigenvalue weighted by molar-refractivity contribution is -0.120. The molecule has 2 aromatic carbocycles. The van der Waals surface area contributed by atoms with Gasteiger partial charge in [0.05, 0.1) is 5.52 Å². The molecule has 7 nitrogen and oxygen atoms in total. The molecule has 132 valence electrons. The highest BCUT2D eigenvalue weighted by Crippen LogP contribution is 2.27. The van der Waals surface area contributed by atoms with Gasteiger partial charge < -0.3 is 9.73 Å². The van der Waals surface area contributed by atoms with Gasteiger partial charge >= 0.3 is 5.76 Å². The normalized spacial score (nSPS) is 17.0. The smallest absolute Gasteiger partial charge is 0.408 e. The molecule has 1 fully saturated rings. The number of para-hydroxylation sites is 1. The third-order valence-electron chi connectivity index (χ3n) is 4.61. The molecule has 1 atom stereocenters. The fourth-order valence-corrected chi connectivity index (χ4v) is 3.27. The minimum absolute atomic E-state index is 0.0657. The summed E-state index contributed by atoms with van der Waals surface area (Å²) in [6.07, 6.45) is 0.800. The van der Waals surface area contributed by atoms with Crippen molar-refractivity contribution in [3.05, 3.63) is 59.1 Å². The maximum absolute atomic E-state index is 12.8. The van der Waals surface area contributed by atoms with Crippen LogP contribution in [0.3, 0.4) is 0 Å².